The Morgan fingerprint density at radius 2 is 1.96 bits per heavy atom. The molecular weight excluding hydrogens is 307 g/mol. The maximum Gasteiger partial charge on any atom is 0.274 e. The van der Waals surface area contributed by atoms with E-state index in [-0.39, 0.29) is 28.4 Å². The Kier molecular flexibility index (Phi) is 3.37. The van der Waals surface area contributed by atoms with Crippen molar-refractivity contribution in [3.05, 3.63) is 81.2 Å². The fraction of sp³-hybridized carbons (Fsp3) is 0.263. The lowest BCUT2D eigenvalue weighted by molar-refractivity contribution is -0.385. The predicted octanol–water partition coefficient (Wildman–Crippen LogP) is 4.87. The Morgan fingerprint density at radius 3 is 2.67 bits per heavy atom. The number of allylic oxidation sites excluding steroid dienone is 2. The van der Waals surface area contributed by atoms with Gasteiger partial charge in [0.05, 0.1) is 16.5 Å². The number of fused-ring (bicyclic) bond motifs is 3. The Bertz CT molecular complexity index is 845. The van der Waals surface area contributed by atoms with Crippen LogP contribution >= 0.6 is 0 Å². The van der Waals surface area contributed by atoms with Crippen LogP contribution in [0.4, 0.5) is 15.8 Å². The molecule has 4 rings (SSSR count). The molecule has 1 N–H and O–H groups in total. The first-order valence-electron chi connectivity index (χ1n) is 8.03. The number of nitro groups is 1. The molecule has 2 aromatic carbocycles. The van der Waals surface area contributed by atoms with Gasteiger partial charge in [-0.1, -0.05) is 24.3 Å². The van der Waals surface area contributed by atoms with Crippen LogP contribution in [0.3, 0.4) is 0 Å². The fourth-order valence-electron chi connectivity index (χ4n) is 4.00. The van der Waals surface area contributed by atoms with Gasteiger partial charge in [0, 0.05) is 17.7 Å². The molecule has 3 unspecified atom stereocenters. The van der Waals surface area contributed by atoms with Crippen molar-refractivity contribution in [2.24, 2.45) is 5.92 Å². The minimum absolute atomic E-state index is 0.0128. The summed E-state index contributed by atoms with van der Waals surface area (Å²) in [6, 6.07) is 9.98. The standard InChI is InChI=1S/C19H17FN2O2/c1-11-17(22(23)24)10-9-16-14-3-2-4-15(14)19(21-18(11)16)12-5-7-13(20)8-6-12/h2-3,5-10,14-15,19,21H,4H2,1H3. The van der Waals surface area contributed by atoms with E-state index in [0.717, 1.165) is 23.2 Å². The van der Waals surface area contributed by atoms with E-state index in [9.17, 15) is 14.5 Å². The second-order valence-electron chi connectivity index (χ2n) is 6.46. The van der Waals surface area contributed by atoms with Crippen LogP contribution in [-0.4, -0.2) is 4.92 Å². The molecule has 0 saturated carbocycles. The first kappa shape index (κ1) is 14.9. The van der Waals surface area contributed by atoms with Gasteiger partial charge in [-0.3, -0.25) is 10.1 Å². The fourth-order valence-corrected chi connectivity index (χ4v) is 4.00. The third-order valence-electron chi connectivity index (χ3n) is 5.19. The van der Waals surface area contributed by atoms with Gasteiger partial charge in [-0.15, -0.1) is 0 Å². The van der Waals surface area contributed by atoms with E-state index in [1.807, 2.05) is 6.07 Å². The Morgan fingerprint density at radius 1 is 1.21 bits per heavy atom. The molecule has 0 saturated heterocycles. The van der Waals surface area contributed by atoms with E-state index in [4.69, 9.17) is 0 Å². The number of hydrogen-bond donors (Lipinski definition) is 1. The first-order chi connectivity index (χ1) is 11.6. The summed E-state index contributed by atoms with van der Waals surface area (Å²) >= 11 is 0. The van der Waals surface area contributed by atoms with Gasteiger partial charge in [0.25, 0.3) is 5.69 Å². The third kappa shape index (κ3) is 2.19. The number of nitrogens with zero attached hydrogens (tertiary/aromatic N) is 1. The average molecular weight is 324 g/mol. The minimum Gasteiger partial charge on any atom is -0.377 e. The quantitative estimate of drug-likeness (QED) is 0.487. The molecule has 0 amide bonds. The Balaban J connectivity index is 1.83. The summed E-state index contributed by atoms with van der Waals surface area (Å²) in [5.41, 5.74) is 3.73. The van der Waals surface area contributed by atoms with Crippen LogP contribution in [0.25, 0.3) is 0 Å². The number of benzene rings is 2. The highest BCUT2D eigenvalue weighted by Crippen LogP contribution is 2.51. The summed E-state index contributed by atoms with van der Waals surface area (Å²) in [6.07, 6.45) is 5.29. The van der Waals surface area contributed by atoms with Crippen molar-refractivity contribution in [1.29, 1.82) is 0 Å². The van der Waals surface area contributed by atoms with Gasteiger partial charge in [-0.25, -0.2) is 4.39 Å². The zero-order valence-electron chi connectivity index (χ0n) is 13.2. The summed E-state index contributed by atoms with van der Waals surface area (Å²) in [5, 5.41) is 14.7. The highest BCUT2D eigenvalue weighted by atomic mass is 19.1. The molecule has 24 heavy (non-hydrogen) atoms. The molecule has 122 valence electrons. The highest BCUT2D eigenvalue weighted by Gasteiger charge is 2.39. The van der Waals surface area contributed by atoms with Crippen LogP contribution in [-0.2, 0) is 0 Å². The number of anilines is 1. The van der Waals surface area contributed by atoms with Crippen LogP contribution in [0, 0.1) is 28.8 Å². The largest absolute Gasteiger partial charge is 0.377 e. The van der Waals surface area contributed by atoms with Crippen LogP contribution in [0.5, 0.6) is 0 Å². The summed E-state index contributed by atoms with van der Waals surface area (Å²) in [7, 11) is 0. The highest BCUT2D eigenvalue weighted by molar-refractivity contribution is 5.69. The summed E-state index contributed by atoms with van der Waals surface area (Å²) in [4.78, 5) is 10.9. The Labute approximate surface area is 139 Å². The molecular formula is C19H17FN2O2. The molecule has 2 aliphatic rings. The smallest absolute Gasteiger partial charge is 0.274 e. The first-order valence-corrected chi connectivity index (χ1v) is 8.03. The number of hydrogen-bond acceptors (Lipinski definition) is 3. The van der Waals surface area contributed by atoms with Gasteiger partial charge < -0.3 is 5.32 Å². The molecule has 0 radical (unpaired) electrons. The lowest BCUT2D eigenvalue weighted by atomic mass is 9.76. The molecule has 0 bridgehead atoms. The molecule has 2 aromatic rings. The van der Waals surface area contributed by atoms with Crippen molar-refractivity contribution >= 4 is 11.4 Å². The predicted molar refractivity (Wildman–Crippen MR) is 90.6 cm³/mol. The van der Waals surface area contributed by atoms with Crippen molar-refractivity contribution in [1.82, 2.24) is 0 Å². The van der Waals surface area contributed by atoms with E-state index < -0.39 is 0 Å². The molecule has 4 nitrogen and oxygen atoms in total. The van der Waals surface area contributed by atoms with Gasteiger partial charge >= 0.3 is 0 Å². The van der Waals surface area contributed by atoms with E-state index in [1.54, 1.807) is 25.1 Å². The van der Waals surface area contributed by atoms with Crippen molar-refractivity contribution < 1.29 is 9.31 Å². The van der Waals surface area contributed by atoms with Crippen molar-refractivity contribution in [2.75, 3.05) is 5.32 Å². The second kappa shape index (κ2) is 5.44. The monoisotopic (exact) mass is 324 g/mol. The maximum absolute atomic E-state index is 13.3. The zero-order valence-corrected chi connectivity index (χ0v) is 13.2. The van der Waals surface area contributed by atoms with Crippen LogP contribution < -0.4 is 5.32 Å². The van der Waals surface area contributed by atoms with Crippen molar-refractivity contribution in [3.63, 3.8) is 0 Å². The van der Waals surface area contributed by atoms with Gasteiger partial charge in [0.15, 0.2) is 0 Å². The number of nitrogens with one attached hydrogen (secondary N) is 1. The number of nitro benzene ring substituents is 1. The van der Waals surface area contributed by atoms with Crippen molar-refractivity contribution in [3.8, 4) is 0 Å². The molecule has 1 heterocycles. The average Bonchev–Trinajstić information content (AvgIpc) is 3.05. The zero-order chi connectivity index (χ0) is 16.8. The lowest BCUT2D eigenvalue weighted by Gasteiger charge is -2.38. The molecule has 5 heteroatoms. The molecule has 1 aliphatic carbocycles. The Hall–Kier alpha value is -2.69. The second-order valence-corrected chi connectivity index (χ2v) is 6.46. The van der Waals surface area contributed by atoms with Crippen molar-refractivity contribution in [2.45, 2.75) is 25.3 Å². The van der Waals surface area contributed by atoms with Crippen LogP contribution in [0.15, 0.2) is 48.6 Å². The summed E-state index contributed by atoms with van der Waals surface area (Å²) < 4.78 is 13.3. The van der Waals surface area contributed by atoms with E-state index in [2.05, 4.69) is 17.5 Å². The van der Waals surface area contributed by atoms with E-state index in [1.165, 1.54) is 12.1 Å². The molecule has 0 fully saturated rings. The lowest BCUT2D eigenvalue weighted by Crippen LogP contribution is -2.29. The topological polar surface area (TPSA) is 55.2 Å². The van der Waals surface area contributed by atoms with E-state index in [0.29, 0.717) is 11.5 Å². The SMILES string of the molecule is Cc1c([N+](=O)[O-])ccc2c1NC(c1ccc(F)cc1)C1CC=CC21. The number of rotatable bonds is 2. The maximum atomic E-state index is 13.3. The summed E-state index contributed by atoms with van der Waals surface area (Å²) in [6.45, 7) is 1.78. The van der Waals surface area contributed by atoms with Gasteiger partial charge in [-0.05, 0) is 48.6 Å². The molecule has 3 atom stereocenters. The van der Waals surface area contributed by atoms with Gasteiger partial charge in [0.2, 0.25) is 0 Å². The normalized spacial score (nSPS) is 24.2. The number of halogens is 1. The molecule has 1 aliphatic heterocycles. The van der Waals surface area contributed by atoms with E-state index >= 15 is 0 Å². The van der Waals surface area contributed by atoms with Gasteiger partial charge in [0.1, 0.15) is 5.82 Å². The van der Waals surface area contributed by atoms with Crippen LogP contribution in [0.2, 0.25) is 0 Å². The van der Waals surface area contributed by atoms with Crippen LogP contribution in [0.1, 0.15) is 35.1 Å². The minimum atomic E-state index is -0.346. The van der Waals surface area contributed by atoms with Gasteiger partial charge in [-0.2, -0.15) is 0 Å². The molecule has 0 aromatic heterocycles. The molecule has 0 spiro atoms. The third-order valence-corrected chi connectivity index (χ3v) is 5.19. The summed E-state index contributed by atoms with van der Waals surface area (Å²) in [5.74, 6) is 0.308.